The zero-order chi connectivity index (χ0) is 21.8. The molecular weight excluding hydrogens is 430 g/mol. The highest BCUT2D eigenvalue weighted by Gasteiger charge is 2.11. The summed E-state index contributed by atoms with van der Waals surface area (Å²) in [5.74, 6) is -0.229. The van der Waals surface area contributed by atoms with Crippen molar-refractivity contribution < 1.29 is 13.2 Å². The van der Waals surface area contributed by atoms with Gasteiger partial charge in [-0.25, -0.2) is 13.4 Å². The Morgan fingerprint density at radius 1 is 0.839 bits per heavy atom. The van der Waals surface area contributed by atoms with Crippen molar-refractivity contribution in [3.05, 3.63) is 89.8 Å². The molecule has 1 amide bonds. The van der Waals surface area contributed by atoms with Gasteiger partial charge in [0.05, 0.1) is 11.9 Å². The van der Waals surface area contributed by atoms with Crippen molar-refractivity contribution in [3.63, 3.8) is 0 Å². The van der Waals surface area contributed by atoms with E-state index in [0.29, 0.717) is 22.1 Å². The average molecular weight is 450 g/mol. The Labute approximate surface area is 184 Å². The van der Waals surface area contributed by atoms with Gasteiger partial charge in [-0.2, -0.15) is 0 Å². The summed E-state index contributed by atoms with van der Waals surface area (Å²) in [6.07, 6.45) is 1.10. The third kappa shape index (κ3) is 5.36. The van der Waals surface area contributed by atoms with E-state index in [-0.39, 0.29) is 5.91 Å². The minimum absolute atomic E-state index is 0.229. The van der Waals surface area contributed by atoms with Crippen LogP contribution in [-0.4, -0.2) is 25.6 Å². The normalized spacial score (nSPS) is 11.1. The molecule has 2 N–H and O–H groups in total. The molecule has 4 rings (SSSR count). The molecule has 4 aromatic rings. The van der Waals surface area contributed by atoms with Crippen molar-refractivity contribution >= 4 is 38.1 Å². The monoisotopic (exact) mass is 449 g/mol. The van der Waals surface area contributed by atoms with Crippen LogP contribution in [0.15, 0.2) is 84.2 Å². The van der Waals surface area contributed by atoms with E-state index in [2.05, 4.69) is 15.0 Å². The average Bonchev–Trinajstić information content (AvgIpc) is 3.22. The van der Waals surface area contributed by atoms with Gasteiger partial charge in [0, 0.05) is 22.2 Å². The fourth-order valence-electron chi connectivity index (χ4n) is 3.00. The van der Waals surface area contributed by atoms with E-state index in [1.807, 2.05) is 47.8 Å². The third-order valence-electron chi connectivity index (χ3n) is 4.46. The number of hydrogen-bond donors (Lipinski definition) is 2. The van der Waals surface area contributed by atoms with E-state index in [1.165, 1.54) is 11.3 Å². The number of rotatable bonds is 6. The number of hydrogen-bond acceptors (Lipinski definition) is 5. The largest absolute Gasteiger partial charge is 0.298 e. The molecule has 0 spiro atoms. The Hall–Kier alpha value is -3.49. The molecule has 1 heterocycles. The van der Waals surface area contributed by atoms with Crippen LogP contribution in [0.5, 0.6) is 0 Å². The maximum atomic E-state index is 12.6. The van der Waals surface area contributed by atoms with Crippen LogP contribution in [0.25, 0.3) is 22.4 Å². The molecule has 0 bridgehead atoms. The lowest BCUT2D eigenvalue weighted by atomic mass is 10.0. The number of benzene rings is 3. The van der Waals surface area contributed by atoms with E-state index in [1.54, 1.807) is 36.4 Å². The zero-order valence-electron chi connectivity index (χ0n) is 16.6. The fraction of sp³-hybridized carbons (Fsp3) is 0.0435. The Kier molecular flexibility index (Phi) is 5.83. The molecular formula is C23H19N3O3S2. The SMILES string of the molecule is CS(=O)(=O)Nc1ccc(-c2csc(NC(=O)c3ccc(-c4ccccc4)cc3)n2)cc1. The van der Waals surface area contributed by atoms with Gasteiger partial charge in [-0.15, -0.1) is 11.3 Å². The molecule has 0 aliphatic heterocycles. The van der Waals surface area contributed by atoms with E-state index in [9.17, 15) is 13.2 Å². The molecule has 0 aliphatic carbocycles. The standard InChI is InChI=1S/C23H19N3O3S2/c1-31(28,29)26-20-13-11-18(12-14-20)21-15-30-23(24-21)25-22(27)19-9-7-17(8-10-19)16-5-3-2-4-6-16/h2-15,26H,1H3,(H,24,25,27). The van der Waals surface area contributed by atoms with Gasteiger partial charge in [0.2, 0.25) is 10.0 Å². The van der Waals surface area contributed by atoms with E-state index in [0.717, 1.165) is 22.9 Å². The maximum absolute atomic E-state index is 12.6. The fourth-order valence-corrected chi connectivity index (χ4v) is 4.28. The Morgan fingerprint density at radius 3 is 2.10 bits per heavy atom. The highest BCUT2D eigenvalue weighted by molar-refractivity contribution is 7.92. The van der Waals surface area contributed by atoms with Crippen molar-refractivity contribution in [1.29, 1.82) is 0 Å². The summed E-state index contributed by atoms with van der Waals surface area (Å²) < 4.78 is 25.0. The summed E-state index contributed by atoms with van der Waals surface area (Å²) in [6, 6.07) is 24.3. The highest BCUT2D eigenvalue weighted by Crippen LogP contribution is 2.27. The molecule has 0 unspecified atom stereocenters. The number of thiazole rings is 1. The maximum Gasteiger partial charge on any atom is 0.257 e. The summed E-state index contributed by atoms with van der Waals surface area (Å²) >= 11 is 1.33. The molecule has 0 atom stereocenters. The molecule has 156 valence electrons. The van der Waals surface area contributed by atoms with Crippen LogP contribution in [0, 0.1) is 0 Å². The summed E-state index contributed by atoms with van der Waals surface area (Å²) in [6.45, 7) is 0. The zero-order valence-corrected chi connectivity index (χ0v) is 18.2. The number of carbonyl (C=O) groups excluding carboxylic acids is 1. The second-order valence-corrected chi connectivity index (χ2v) is 9.49. The van der Waals surface area contributed by atoms with Gasteiger partial charge in [0.25, 0.3) is 5.91 Å². The van der Waals surface area contributed by atoms with Gasteiger partial charge < -0.3 is 0 Å². The minimum Gasteiger partial charge on any atom is -0.298 e. The van der Waals surface area contributed by atoms with Gasteiger partial charge in [0.15, 0.2) is 5.13 Å². The van der Waals surface area contributed by atoms with Crippen molar-refractivity contribution in [3.8, 4) is 22.4 Å². The molecule has 0 saturated heterocycles. The van der Waals surface area contributed by atoms with Gasteiger partial charge >= 0.3 is 0 Å². The lowest BCUT2D eigenvalue weighted by Gasteiger charge is -2.05. The molecule has 0 aliphatic rings. The number of nitrogens with zero attached hydrogens (tertiary/aromatic N) is 1. The number of carbonyl (C=O) groups is 1. The minimum atomic E-state index is -3.32. The van der Waals surface area contributed by atoms with Crippen LogP contribution in [0.2, 0.25) is 0 Å². The smallest absolute Gasteiger partial charge is 0.257 e. The first-order valence-electron chi connectivity index (χ1n) is 9.38. The number of anilines is 2. The van der Waals surface area contributed by atoms with Gasteiger partial charge in [0.1, 0.15) is 0 Å². The molecule has 0 saturated carbocycles. The predicted molar refractivity (Wildman–Crippen MR) is 126 cm³/mol. The Balaban J connectivity index is 1.43. The first-order valence-corrected chi connectivity index (χ1v) is 12.2. The van der Waals surface area contributed by atoms with Crippen LogP contribution in [0.4, 0.5) is 10.8 Å². The molecule has 0 radical (unpaired) electrons. The lowest BCUT2D eigenvalue weighted by molar-refractivity contribution is 0.102. The summed E-state index contributed by atoms with van der Waals surface area (Å²) in [5, 5.41) is 5.16. The molecule has 8 heteroatoms. The molecule has 6 nitrogen and oxygen atoms in total. The van der Waals surface area contributed by atoms with Crippen molar-refractivity contribution in [2.24, 2.45) is 0 Å². The van der Waals surface area contributed by atoms with Gasteiger partial charge in [-0.1, -0.05) is 54.6 Å². The quantitative estimate of drug-likeness (QED) is 0.429. The predicted octanol–water partition coefficient (Wildman–Crippen LogP) is 5.10. The summed E-state index contributed by atoms with van der Waals surface area (Å²) in [4.78, 5) is 17.0. The van der Waals surface area contributed by atoms with E-state index >= 15 is 0 Å². The Bertz CT molecular complexity index is 1300. The molecule has 0 fully saturated rings. The number of nitrogens with one attached hydrogen (secondary N) is 2. The molecule has 3 aromatic carbocycles. The van der Waals surface area contributed by atoms with E-state index in [4.69, 9.17) is 0 Å². The van der Waals surface area contributed by atoms with Crippen LogP contribution < -0.4 is 10.0 Å². The second-order valence-electron chi connectivity index (χ2n) is 6.89. The topological polar surface area (TPSA) is 88.2 Å². The van der Waals surface area contributed by atoms with Crippen molar-refractivity contribution in [1.82, 2.24) is 4.98 Å². The second kappa shape index (κ2) is 8.71. The number of aromatic nitrogens is 1. The molecule has 31 heavy (non-hydrogen) atoms. The number of amides is 1. The van der Waals surface area contributed by atoms with Crippen molar-refractivity contribution in [2.75, 3.05) is 16.3 Å². The van der Waals surface area contributed by atoms with Crippen molar-refractivity contribution in [2.45, 2.75) is 0 Å². The highest BCUT2D eigenvalue weighted by atomic mass is 32.2. The van der Waals surface area contributed by atoms with Crippen LogP contribution in [0.3, 0.4) is 0 Å². The summed E-state index contributed by atoms with van der Waals surface area (Å²) in [7, 11) is -3.32. The Morgan fingerprint density at radius 2 is 1.45 bits per heavy atom. The van der Waals surface area contributed by atoms with Crippen LogP contribution in [-0.2, 0) is 10.0 Å². The first-order chi connectivity index (χ1) is 14.9. The van der Waals surface area contributed by atoms with Crippen LogP contribution >= 0.6 is 11.3 Å². The lowest BCUT2D eigenvalue weighted by Crippen LogP contribution is -2.11. The van der Waals surface area contributed by atoms with Gasteiger partial charge in [-0.05, 0) is 35.4 Å². The van der Waals surface area contributed by atoms with Gasteiger partial charge in [-0.3, -0.25) is 14.8 Å². The third-order valence-corrected chi connectivity index (χ3v) is 5.83. The van der Waals surface area contributed by atoms with Crippen LogP contribution in [0.1, 0.15) is 10.4 Å². The summed E-state index contributed by atoms with van der Waals surface area (Å²) in [5.41, 5.74) is 4.69. The first kappa shape index (κ1) is 20.8. The number of sulfonamides is 1. The molecule has 1 aromatic heterocycles. The van der Waals surface area contributed by atoms with E-state index < -0.39 is 10.0 Å².